The summed E-state index contributed by atoms with van der Waals surface area (Å²) in [5.41, 5.74) is 0.617. The summed E-state index contributed by atoms with van der Waals surface area (Å²) in [5, 5.41) is 3.74. The molecule has 15 heavy (non-hydrogen) atoms. The molecule has 2 saturated carbocycles. The lowest BCUT2D eigenvalue weighted by molar-refractivity contribution is 0.206. The second-order valence-corrected chi connectivity index (χ2v) is 6.48. The molecule has 1 nitrogen and oxygen atoms in total. The molecular weight excluding hydrogens is 182 g/mol. The highest BCUT2D eigenvalue weighted by atomic mass is 14.9. The van der Waals surface area contributed by atoms with E-state index in [1.165, 1.54) is 57.9 Å². The summed E-state index contributed by atoms with van der Waals surface area (Å²) in [6.07, 6.45) is 11.5. The molecule has 1 heteroatoms. The number of rotatable bonds is 5. The molecule has 0 amide bonds. The van der Waals surface area contributed by atoms with Crippen LogP contribution in [0.25, 0.3) is 0 Å². The van der Waals surface area contributed by atoms with E-state index in [1.807, 2.05) is 0 Å². The largest absolute Gasteiger partial charge is 0.314 e. The lowest BCUT2D eigenvalue weighted by Gasteiger charge is -2.34. The van der Waals surface area contributed by atoms with Crippen LogP contribution in [0.2, 0.25) is 0 Å². The van der Waals surface area contributed by atoms with Gasteiger partial charge in [0.05, 0.1) is 0 Å². The van der Waals surface area contributed by atoms with Crippen LogP contribution in [0.3, 0.4) is 0 Å². The molecule has 2 aliphatic carbocycles. The van der Waals surface area contributed by atoms with Crippen molar-refractivity contribution in [2.45, 2.75) is 71.3 Å². The van der Waals surface area contributed by atoms with E-state index < -0.39 is 0 Å². The van der Waals surface area contributed by atoms with Gasteiger partial charge in [0, 0.05) is 6.04 Å². The van der Waals surface area contributed by atoms with E-state index in [2.05, 4.69) is 19.2 Å². The van der Waals surface area contributed by atoms with Gasteiger partial charge >= 0.3 is 0 Å². The molecule has 0 aliphatic heterocycles. The molecule has 2 rings (SSSR count). The zero-order valence-corrected chi connectivity index (χ0v) is 10.5. The lowest BCUT2D eigenvalue weighted by atomic mass is 9.75. The first-order chi connectivity index (χ1) is 7.16. The third kappa shape index (κ3) is 4.14. The minimum Gasteiger partial charge on any atom is -0.314 e. The van der Waals surface area contributed by atoms with Crippen molar-refractivity contribution in [3.63, 3.8) is 0 Å². The van der Waals surface area contributed by atoms with E-state index in [9.17, 15) is 0 Å². The van der Waals surface area contributed by atoms with E-state index >= 15 is 0 Å². The van der Waals surface area contributed by atoms with Gasteiger partial charge in [-0.1, -0.05) is 26.7 Å². The fourth-order valence-corrected chi connectivity index (χ4v) is 2.71. The Morgan fingerprint density at radius 1 is 1.07 bits per heavy atom. The van der Waals surface area contributed by atoms with E-state index in [0.29, 0.717) is 5.41 Å². The van der Waals surface area contributed by atoms with Crippen LogP contribution >= 0.6 is 0 Å². The van der Waals surface area contributed by atoms with E-state index in [-0.39, 0.29) is 0 Å². The number of nitrogens with one attached hydrogen (secondary N) is 1. The summed E-state index contributed by atoms with van der Waals surface area (Å²) in [6, 6.07) is 0.831. The average molecular weight is 209 g/mol. The van der Waals surface area contributed by atoms with Crippen LogP contribution in [0.1, 0.15) is 65.2 Å². The maximum Gasteiger partial charge on any atom is 0.00674 e. The van der Waals surface area contributed by atoms with Gasteiger partial charge in [-0.2, -0.15) is 0 Å². The second kappa shape index (κ2) is 4.86. The van der Waals surface area contributed by atoms with E-state index in [0.717, 1.165) is 12.0 Å². The molecule has 2 aliphatic rings. The fraction of sp³-hybridized carbons (Fsp3) is 1.00. The van der Waals surface area contributed by atoms with Crippen molar-refractivity contribution in [3.8, 4) is 0 Å². The van der Waals surface area contributed by atoms with Gasteiger partial charge in [0.25, 0.3) is 0 Å². The molecule has 0 atom stereocenters. The molecule has 0 radical (unpaired) electrons. The fourth-order valence-electron chi connectivity index (χ4n) is 2.71. The van der Waals surface area contributed by atoms with Crippen LogP contribution in [0.15, 0.2) is 0 Å². The van der Waals surface area contributed by atoms with Crippen molar-refractivity contribution in [1.29, 1.82) is 0 Å². The summed E-state index contributed by atoms with van der Waals surface area (Å²) in [5.74, 6) is 1.11. The van der Waals surface area contributed by atoms with Gasteiger partial charge in [-0.05, 0) is 56.4 Å². The van der Waals surface area contributed by atoms with Gasteiger partial charge in [0.15, 0.2) is 0 Å². The van der Waals surface area contributed by atoms with Crippen LogP contribution in [0.5, 0.6) is 0 Å². The van der Waals surface area contributed by atoms with Crippen LogP contribution in [-0.4, -0.2) is 12.6 Å². The van der Waals surface area contributed by atoms with Gasteiger partial charge in [0.1, 0.15) is 0 Å². The highest BCUT2D eigenvalue weighted by Crippen LogP contribution is 2.35. The van der Waals surface area contributed by atoms with Crippen molar-refractivity contribution in [1.82, 2.24) is 5.32 Å². The zero-order valence-electron chi connectivity index (χ0n) is 10.5. The van der Waals surface area contributed by atoms with Gasteiger partial charge in [0.2, 0.25) is 0 Å². The van der Waals surface area contributed by atoms with Gasteiger partial charge in [-0.15, -0.1) is 0 Å². The van der Waals surface area contributed by atoms with Gasteiger partial charge in [-0.3, -0.25) is 0 Å². The summed E-state index contributed by atoms with van der Waals surface area (Å²) < 4.78 is 0. The Morgan fingerprint density at radius 3 is 2.33 bits per heavy atom. The Labute approximate surface area is 95.0 Å². The van der Waals surface area contributed by atoms with E-state index in [1.54, 1.807) is 0 Å². The van der Waals surface area contributed by atoms with Crippen molar-refractivity contribution in [3.05, 3.63) is 0 Å². The third-order valence-corrected chi connectivity index (χ3v) is 4.26. The first-order valence-corrected chi connectivity index (χ1v) is 6.89. The number of hydrogen-bond donors (Lipinski definition) is 1. The molecule has 88 valence electrons. The van der Waals surface area contributed by atoms with Gasteiger partial charge in [-0.25, -0.2) is 0 Å². The lowest BCUT2D eigenvalue weighted by Crippen LogP contribution is -2.36. The third-order valence-electron chi connectivity index (χ3n) is 4.26. The predicted molar refractivity (Wildman–Crippen MR) is 66.0 cm³/mol. The Balaban J connectivity index is 1.52. The molecule has 0 aromatic rings. The molecule has 0 unspecified atom stereocenters. The van der Waals surface area contributed by atoms with Crippen molar-refractivity contribution in [2.24, 2.45) is 11.3 Å². The Hall–Kier alpha value is -0.0400. The van der Waals surface area contributed by atoms with E-state index in [4.69, 9.17) is 0 Å². The minimum absolute atomic E-state index is 0.617. The molecule has 0 aromatic carbocycles. The Kier molecular flexibility index (Phi) is 3.71. The Morgan fingerprint density at radius 2 is 1.73 bits per heavy atom. The molecular formula is C14H27N. The second-order valence-electron chi connectivity index (χ2n) is 6.48. The summed E-state index contributed by atoms with van der Waals surface area (Å²) in [6.45, 7) is 6.09. The number of hydrogen-bond acceptors (Lipinski definition) is 1. The smallest absolute Gasteiger partial charge is 0.00674 e. The van der Waals surface area contributed by atoms with Crippen LogP contribution < -0.4 is 5.32 Å². The maximum absolute atomic E-state index is 3.74. The Bertz CT molecular complexity index is 184. The highest BCUT2D eigenvalue weighted by molar-refractivity contribution is 4.82. The standard InChI is InChI=1S/C14H27N/c1-14(2)9-7-13(8-10-14)15-11-3-4-12-5-6-12/h12-13,15H,3-11H2,1-2H3. The molecule has 0 heterocycles. The van der Waals surface area contributed by atoms with Crippen molar-refractivity contribution in [2.75, 3.05) is 6.54 Å². The van der Waals surface area contributed by atoms with Gasteiger partial charge < -0.3 is 5.32 Å². The summed E-state index contributed by atoms with van der Waals surface area (Å²) in [7, 11) is 0. The molecule has 1 N–H and O–H groups in total. The SMILES string of the molecule is CC1(C)CCC(NCCCC2CC2)CC1. The topological polar surface area (TPSA) is 12.0 Å². The molecule has 2 fully saturated rings. The monoisotopic (exact) mass is 209 g/mol. The van der Waals surface area contributed by atoms with Crippen molar-refractivity contribution < 1.29 is 0 Å². The normalized spacial score (nSPS) is 26.8. The summed E-state index contributed by atoms with van der Waals surface area (Å²) >= 11 is 0. The minimum atomic E-state index is 0.617. The molecule has 0 bridgehead atoms. The zero-order chi connectivity index (χ0) is 10.7. The quantitative estimate of drug-likeness (QED) is 0.680. The highest BCUT2D eigenvalue weighted by Gasteiger charge is 2.26. The predicted octanol–water partition coefficient (Wildman–Crippen LogP) is 3.74. The van der Waals surface area contributed by atoms with Crippen LogP contribution in [0.4, 0.5) is 0 Å². The summed E-state index contributed by atoms with van der Waals surface area (Å²) in [4.78, 5) is 0. The first-order valence-electron chi connectivity index (χ1n) is 6.89. The molecule has 0 aromatic heterocycles. The first kappa shape index (κ1) is 11.4. The van der Waals surface area contributed by atoms with Crippen LogP contribution in [0, 0.1) is 11.3 Å². The van der Waals surface area contributed by atoms with Crippen molar-refractivity contribution >= 4 is 0 Å². The van der Waals surface area contributed by atoms with Crippen LogP contribution in [-0.2, 0) is 0 Å². The molecule has 0 saturated heterocycles. The molecule has 0 spiro atoms. The average Bonchev–Trinajstić information content (AvgIpc) is 2.98. The maximum atomic E-state index is 3.74.